The standard InChI is InChI=1S/C42H62O4/c1-31(18-14-20-33(3)22-24-38-35(5)26-36(43)27-40(38,6)7)16-12-13-17-32(2)19-15-21-34(4)23-25-39-41(8,9)28-37(46-30-45-11)29-42(39,10)44/h12-25,36-37,39,43-44H,26-30H2,1-11H3/b13-12+,18-14+,19-15+,24-22+,25-23+,31-16+,32-17+,33-20+,34-21+/t36-,37+,39?,42-/m1/s1. The molecular weight excluding hydrogens is 568 g/mol. The normalized spacial score (nSPS) is 28.7. The summed E-state index contributed by atoms with van der Waals surface area (Å²) in [4.78, 5) is 0. The highest BCUT2D eigenvalue weighted by molar-refractivity contribution is 5.38. The number of methoxy groups -OCH3 is 1. The van der Waals surface area contributed by atoms with E-state index < -0.39 is 5.60 Å². The van der Waals surface area contributed by atoms with E-state index >= 15 is 0 Å². The van der Waals surface area contributed by atoms with Gasteiger partial charge >= 0.3 is 0 Å². The molecular formula is C42H62O4. The molecule has 1 unspecified atom stereocenters. The van der Waals surface area contributed by atoms with Crippen LogP contribution in [0.5, 0.6) is 0 Å². The maximum atomic E-state index is 11.3. The topological polar surface area (TPSA) is 58.9 Å². The van der Waals surface area contributed by atoms with Crippen molar-refractivity contribution in [3.63, 3.8) is 0 Å². The molecule has 2 aliphatic carbocycles. The Morgan fingerprint density at radius 3 is 1.80 bits per heavy atom. The quantitative estimate of drug-likeness (QED) is 0.157. The van der Waals surface area contributed by atoms with Crippen LogP contribution in [-0.2, 0) is 9.47 Å². The molecule has 4 heteroatoms. The Kier molecular flexibility index (Phi) is 15.4. The summed E-state index contributed by atoms with van der Waals surface area (Å²) in [5.41, 5.74) is 6.36. The molecule has 1 saturated carbocycles. The molecule has 46 heavy (non-hydrogen) atoms. The summed E-state index contributed by atoms with van der Waals surface area (Å²) in [5.74, 6) is 0.0300. The average molecular weight is 631 g/mol. The number of hydrogen-bond acceptors (Lipinski definition) is 4. The molecule has 254 valence electrons. The van der Waals surface area contributed by atoms with Crippen LogP contribution in [0.1, 0.15) is 94.9 Å². The first-order valence-corrected chi connectivity index (χ1v) is 16.8. The number of aliphatic hydroxyl groups is 2. The third-order valence-electron chi connectivity index (χ3n) is 9.14. The van der Waals surface area contributed by atoms with Crippen LogP contribution in [-0.4, -0.2) is 41.9 Å². The maximum absolute atomic E-state index is 11.3. The van der Waals surface area contributed by atoms with E-state index in [2.05, 4.69) is 147 Å². The van der Waals surface area contributed by atoms with Gasteiger partial charge in [-0.05, 0) is 77.2 Å². The van der Waals surface area contributed by atoms with Crippen LogP contribution in [0.25, 0.3) is 0 Å². The molecule has 1 fully saturated rings. The Bertz CT molecular complexity index is 1300. The van der Waals surface area contributed by atoms with Crippen molar-refractivity contribution in [1.82, 2.24) is 0 Å². The van der Waals surface area contributed by atoms with Gasteiger partial charge < -0.3 is 19.7 Å². The Morgan fingerprint density at radius 1 is 0.761 bits per heavy atom. The molecule has 0 heterocycles. The van der Waals surface area contributed by atoms with E-state index in [9.17, 15) is 10.2 Å². The highest BCUT2D eigenvalue weighted by Gasteiger charge is 2.48. The lowest BCUT2D eigenvalue weighted by atomic mass is 9.61. The summed E-state index contributed by atoms with van der Waals surface area (Å²) in [6.45, 7) is 21.5. The van der Waals surface area contributed by atoms with Crippen molar-refractivity contribution in [1.29, 1.82) is 0 Å². The van der Waals surface area contributed by atoms with Crippen LogP contribution in [0.3, 0.4) is 0 Å². The first kappa shape index (κ1) is 39.4. The highest BCUT2D eigenvalue weighted by atomic mass is 16.7. The minimum absolute atomic E-state index is 0.00231. The summed E-state index contributed by atoms with van der Waals surface area (Å²) in [6, 6.07) is 0. The largest absolute Gasteiger partial charge is 0.393 e. The van der Waals surface area contributed by atoms with Gasteiger partial charge in [-0.2, -0.15) is 0 Å². The van der Waals surface area contributed by atoms with Crippen molar-refractivity contribution >= 4 is 0 Å². The van der Waals surface area contributed by atoms with E-state index in [0.29, 0.717) is 6.42 Å². The fraction of sp³-hybridized carbons (Fsp3) is 0.524. The summed E-state index contributed by atoms with van der Waals surface area (Å²) in [5, 5.41) is 21.4. The summed E-state index contributed by atoms with van der Waals surface area (Å²) >= 11 is 0. The first-order chi connectivity index (χ1) is 21.5. The number of rotatable bonds is 13. The molecule has 2 N–H and O–H groups in total. The van der Waals surface area contributed by atoms with Crippen LogP contribution in [0.4, 0.5) is 0 Å². The van der Waals surface area contributed by atoms with Crippen molar-refractivity contribution < 1.29 is 19.7 Å². The second-order valence-corrected chi connectivity index (χ2v) is 15.0. The number of ether oxygens (including phenoxy) is 2. The van der Waals surface area contributed by atoms with E-state index in [-0.39, 0.29) is 35.7 Å². The van der Waals surface area contributed by atoms with Crippen molar-refractivity contribution in [3.8, 4) is 0 Å². The third kappa shape index (κ3) is 13.2. The van der Waals surface area contributed by atoms with Gasteiger partial charge in [-0.3, -0.25) is 0 Å². The highest BCUT2D eigenvalue weighted by Crippen LogP contribution is 2.48. The number of allylic oxidation sites excluding steroid dienone is 18. The molecule has 0 bridgehead atoms. The lowest BCUT2D eigenvalue weighted by molar-refractivity contribution is -0.158. The van der Waals surface area contributed by atoms with Gasteiger partial charge in [0.25, 0.3) is 0 Å². The first-order valence-electron chi connectivity index (χ1n) is 16.8. The van der Waals surface area contributed by atoms with Crippen molar-refractivity contribution in [3.05, 3.63) is 119 Å². The Labute approximate surface area is 281 Å². The minimum Gasteiger partial charge on any atom is -0.393 e. The minimum atomic E-state index is -0.843. The molecule has 0 aromatic heterocycles. The van der Waals surface area contributed by atoms with Crippen LogP contribution in [0, 0.1) is 16.7 Å². The second-order valence-electron chi connectivity index (χ2n) is 15.0. The van der Waals surface area contributed by atoms with E-state index in [4.69, 9.17) is 9.47 Å². The van der Waals surface area contributed by atoms with E-state index in [0.717, 1.165) is 30.4 Å². The summed E-state index contributed by atoms with van der Waals surface area (Å²) < 4.78 is 10.9. The van der Waals surface area contributed by atoms with Crippen molar-refractivity contribution in [2.75, 3.05) is 13.9 Å². The maximum Gasteiger partial charge on any atom is 0.146 e. The van der Waals surface area contributed by atoms with Gasteiger partial charge in [-0.25, -0.2) is 0 Å². The third-order valence-corrected chi connectivity index (χ3v) is 9.14. The van der Waals surface area contributed by atoms with Crippen LogP contribution in [0.2, 0.25) is 0 Å². The summed E-state index contributed by atoms with van der Waals surface area (Å²) in [6.07, 6.45) is 32.4. The molecule has 0 radical (unpaired) electrons. The number of aliphatic hydroxyl groups excluding tert-OH is 1. The molecule has 0 aromatic carbocycles. The molecule has 0 aromatic rings. The number of hydrogen-bond donors (Lipinski definition) is 2. The van der Waals surface area contributed by atoms with Gasteiger partial charge in [-0.1, -0.05) is 141 Å². The average Bonchev–Trinajstić information content (AvgIpc) is 2.92. The van der Waals surface area contributed by atoms with Gasteiger partial charge in [0.1, 0.15) is 6.79 Å². The smallest absolute Gasteiger partial charge is 0.146 e. The van der Waals surface area contributed by atoms with Crippen molar-refractivity contribution in [2.45, 2.75) is 113 Å². The predicted octanol–water partition coefficient (Wildman–Crippen LogP) is 10.2. The Hall–Kier alpha value is -2.76. The van der Waals surface area contributed by atoms with E-state index in [1.807, 2.05) is 6.92 Å². The van der Waals surface area contributed by atoms with Gasteiger partial charge in [-0.15, -0.1) is 0 Å². The summed E-state index contributed by atoms with van der Waals surface area (Å²) in [7, 11) is 1.63. The lowest BCUT2D eigenvalue weighted by Crippen LogP contribution is -2.51. The fourth-order valence-corrected chi connectivity index (χ4v) is 6.95. The van der Waals surface area contributed by atoms with Crippen LogP contribution < -0.4 is 0 Å². The van der Waals surface area contributed by atoms with Gasteiger partial charge in [0.15, 0.2) is 0 Å². The zero-order valence-electron chi connectivity index (χ0n) is 30.6. The Balaban J connectivity index is 1.91. The molecule has 0 saturated heterocycles. The molecule has 0 amide bonds. The molecule has 4 atom stereocenters. The van der Waals surface area contributed by atoms with Gasteiger partial charge in [0, 0.05) is 19.4 Å². The molecule has 0 aliphatic heterocycles. The zero-order valence-corrected chi connectivity index (χ0v) is 30.6. The van der Waals surface area contributed by atoms with Crippen LogP contribution in [0.15, 0.2) is 119 Å². The van der Waals surface area contributed by atoms with Crippen molar-refractivity contribution in [2.24, 2.45) is 16.7 Å². The van der Waals surface area contributed by atoms with E-state index in [1.54, 1.807) is 7.11 Å². The van der Waals surface area contributed by atoms with E-state index in [1.165, 1.54) is 22.3 Å². The molecule has 2 rings (SSSR count). The molecule has 4 nitrogen and oxygen atoms in total. The fourth-order valence-electron chi connectivity index (χ4n) is 6.95. The monoisotopic (exact) mass is 630 g/mol. The second kappa shape index (κ2) is 18.0. The van der Waals surface area contributed by atoms with Crippen LogP contribution >= 0.6 is 0 Å². The SMILES string of the molecule is COCO[C@H]1CC(C)(C)C(/C=C/C(C)=C/C=C/C(C)=C/C=C/C=C(C)/C=C/C=C(C)/C=C/C2=C(C)C[C@@H](O)CC2(C)C)[C@](C)(O)C1. The zero-order chi connectivity index (χ0) is 34.5. The lowest BCUT2D eigenvalue weighted by Gasteiger charge is -2.49. The molecule has 2 aliphatic rings. The van der Waals surface area contributed by atoms with Gasteiger partial charge in [0.2, 0.25) is 0 Å². The molecule has 0 spiro atoms. The Morgan fingerprint density at radius 2 is 1.28 bits per heavy atom. The predicted molar refractivity (Wildman–Crippen MR) is 196 cm³/mol. The van der Waals surface area contributed by atoms with Gasteiger partial charge in [0.05, 0.1) is 17.8 Å².